The van der Waals surface area contributed by atoms with Crippen molar-refractivity contribution in [2.45, 2.75) is 13.1 Å². The third kappa shape index (κ3) is 4.73. The van der Waals surface area contributed by atoms with Crippen LogP contribution in [-0.4, -0.2) is 9.97 Å². The third-order valence-corrected chi connectivity index (χ3v) is 8.48. The quantitative estimate of drug-likeness (QED) is 0.106. The summed E-state index contributed by atoms with van der Waals surface area (Å²) in [6.45, 7) is 17.1. The number of fused-ring (bicyclic) bond motifs is 6. The van der Waals surface area contributed by atoms with E-state index in [9.17, 15) is 32.5 Å². The molecule has 6 nitrogen and oxygen atoms in total. The van der Waals surface area contributed by atoms with E-state index in [4.69, 9.17) is 23.1 Å². The first-order chi connectivity index (χ1) is 23.5. The first-order valence-electron chi connectivity index (χ1n) is 14.4. The molecule has 7 rings (SSSR count). The van der Waals surface area contributed by atoms with Crippen molar-refractivity contribution in [3.05, 3.63) is 152 Å². The van der Waals surface area contributed by atoms with E-state index < -0.39 is 23.4 Å². The number of rotatable bonds is 2. The Morgan fingerprint density at radius 1 is 0.612 bits per heavy atom. The van der Waals surface area contributed by atoms with Gasteiger partial charge in [-0.2, -0.15) is 13.2 Å². The van der Waals surface area contributed by atoms with E-state index in [-0.39, 0.29) is 45.2 Å². The molecule has 0 aliphatic heterocycles. The summed E-state index contributed by atoms with van der Waals surface area (Å²) < 4.78 is 68.6. The lowest BCUT2D eigenvalue weighted by atomic mass is 9.96. The van der Waals surface area contributed by atoms with Gasteiger partial charge in [-0.05, 0) is 76.2 Å². The fourth-order valence-electron chi connectivity index (χ4n) is 6.14. The van der Waals surface area contributed by atoms with Crippen molar-refractivity contribution < 1.29 is 22.0 Å². The second-order valence-electron chi connectivity index (χ2n) is 11.2. The highest BCUT2D eigenvalue weighted by atomic mass is 19.4. The van der Waals surface area contributed by atoms with Crippen molar-refractivity contribution in [1.82, 2.24) is 9.97 Å². The van der Waals surface area contributed by atoms with Gasteiger partial charge in [0.15, 0.2) is 0 Å². The molecule has 0 atom stereocenters. The van der Waals surface area contributed by atoms with Crippen LogP contribution in [0.3, 0.4) is 0 Å². The van der Waals surface area contributed by atoms with Crippen LogP contribution in [0.25, 0.3) is 65.6 Å². The SMILES string of the molecule is [C-]#[N+]/C(C#N)=C1/c2cc(-c3ccc(C(F)(F)F)c(F)c3)ccc2-c2nc3c(nc21)-c1ccc(-c2ccc(C)c(F)c2)cc1/C3=C(/C#N)[N+]#[C-]. The summed E-state index contributed by atoms with van der Waals surface area (Å²) in [6.07, 6.45) is -4.88. The molecule has 232 valence electrons. The molecule has 4 aromatic carbocycles. The summed E-state index contributed by atoms with van der Waals surface area (Å²) in [6, 6.07) is 21.0. The van der Waals surface area contributed by atoms with E-state index in [2.05, 4.69) is 9.69 Å². The Bertz CT molecular complexity index is 2540. The van der Waals surface area contributed by atoms with Gasteiger partial charge in [-0.1, -0.05) is 42.5 Å². The molecule has 0 amide bonds. The van der Waals surface area contributed by atoms with Crippen molar-refractivity contribution in [2.75, 3.05) is 0 Å². The highest BCUT2D eigenvalue weighted by Gasteiger charge is 2.37. The van der Waals surface area contributed by atoms with Gasteiger partial charge in [0.2, 0.25) is 0 Å². The smallest absolute Gasteiger partial charge is 0.245 e. The zero-order valence-corrected chi connectivity index (χ0v) is 25.0. The van der Waals surface area contributed by atoms with Crippen LogP contribution < -0.4 is 0 Å². The van der Waals surface area contributed by atoms with Gasteiger partial charge in [0, 0.05) is 22.3 Å². The molecule has 0 N–H and O–H groups in total. The fraction of sp³-hybridized carbons (Fsp3) is 0.0526. The molecule has 1 heterocycles. The van der Waals surface area contributed by atoms with Crippen LogP contribution in [0.4, 0.5) is 22.0 Å². The van der Waals surface area contributed by atoms with E-state index in [1.54, 1.807) is 49.4 Å². The van der Waals surface area contributed by atoms with Crippen LogP contribution in [-0.2, 0) is 6.18 Å². The Balaban J connectivity index is 1.44. The number of aryl methyl sites for hydroxylation is 1. The van der Waals surface area contributed by atoms with E-state index >= 15 is 0 Å². The van der Waals surface area contributed by atoms with Crippen LogP contribution in [0.15, 0.2) is 84.2 Å². The largest absolute Gasteiger partial charge is 0.419 e. The Labute approximate surface area is 275 Å². The Morgan fingerprint density at radius 2 is 1.04 bits per heavy atom. The van der Waals surface area contributed by atoms with Gasteiger partial charge in [0.1, 0.15) is 11.6 Å². The Hall–Kier alpha value is -6.95. The number of hydrogen-bond donors (Lipinski definition) is 0. The maximum atomic E-state index is 14.5. The maximum Gasteiger partial charge on any atom is 0.419 e. The number of benzene rings is 4. The maximum absolute atomic E-state index is 14.5. The monoisotopic (exact) mass is 650 g/mol. The molecule has 0 saturated carbocycles. The molecular formula is C38H15F5N6. The van der Waals surface area contributed by atoms with Crippen LogP contribution >= 0.6 is 0 Å². The normalized spacial score (nSPS) is 14.3. The molecule has 49 heavy (non-hydrogen) atoms. The second kappa shape index (κ2) is 11.1. The Morgan fingerprint density at radius 3 is 1.45 bits per heavy atom. The summed E-state index contributed by atoms with van der Waals surface area (Å²) in [4.78, 5) is 16.6. The molecular weight excluding hydrogens is 635 g/mol. The van der Waals surface area contributed by atoms with Crippen molar-refractivity contribution in [3.63, 3.8) is 0 Å². The molecule has 5 aromatic rings. The van der Waals surface area contributed by atoms with E-state index in [0.717, 1.165) is 12.1 Å². The number of nitrogens with zero attached hydrogens (tertiary/aromatic N) is 6. The number of hydrogen-bond acceptors (Lipinski definition) is 4. The van der Waals surface area contributed by atoms with Gasteiger partial charge in [-0.25, -0.2) is 39.0 Å². The summed E-state index contributed by atoms with van der Waals surface area (Å²) in [5.41, 5.74) is 3.16. The molecule has 2 aliphatic carbocycles. The second-order valence-corrected chi connectivity index (χ2v) is 11.2. The molecule has 2 aliphatic rings. The highest BCUT2D eigenvalue weighted by Crippen LogP contribution is 2.51. The number of aromatic nitrogens is 2. The van der Waals surface area contributed by atoms with Gasteiger partial charge in [-0.3, -0.25) is 0 Å². The lowest BCUT2D eigenvalue weighted by Gasteiger charge is -2.11. The molecule has 0 radical (unpaired) electrons. The molecule has 0 bridgehead atoms. The highest BCUT2D eigenvalue weighted by molar-refractivity contribution is 6.07. The summed E-state index contributed by atoms with van der Waals surface area (Å²) in [7, 11) is 0. The average Bonchev–Trinajstić information content (AvgIpc) is 3.57. The third-order valence-electron chi connectivity index (χ3n) is 8.48. The van der Waals surface area contributed by atoms with Crippen molar-refractivity contribution in [2.24, 2.45) is 0 Å². The van der Waals surface area contributed by atoms with E-state index in [0.29, 0.717) is 56.3 Å². The van der Waals surface area contributed by atoms with Gasteiger partial charge in [0.05, 0.1) is 53.6 Å². The predicted molar refractivity (Wildman–Crippen MR) is 170 cm³/mol. The number of alkyl halides is 3. The molecule has 0 unspecified atom stereocenters. The minimum atomic E-state index is -4.88. The van der Waals surface area contributed by atoms with Gasteiger partial charge >= 0.3 is 6.18 Å². The van der Waals surface area contributed by atoms with Crippen molar-refractivity contribution in [1.29, 1.82) is 10.5 Å². The molecule has 11 heteroatoms. The van der Waals surface area contributed by atoms with Gasteiger partial charge < -0.3 is 0 Å². The number of allylic oxidation sites excluding steroid dienone is 2. The molecule has 0 spiro atoms. The Kier molecular flexibility index (Phi) is 6.95. The van der Waals surface area contributed by atoms with Crippen LogP contribution in [0, 0.1) is 54.4 Å². The van der Waals surface area contributed by atoms with Gasteiger partial charge in [0.25, 0.3) is 11.4 Å². The summed E-state index contributed by atoms with van der Waals surface area (Å²) >= 11 is 0. The zero-order chi connectivity index (χ0) is 34.8. The minimum Gasteiger partial charge on any atom is -0.245 e. The lowest BCUT2D eigenvalue weighted by molar-refractivity contribution is -0.139. The lowest BCUT2D eigenvalue weighted by Crippen LogP contribution is -2.07. The van der Waals surface area contributed by atoms with Crippen LogP contribution in [0.5, 0.6) is 0 Å². The van der Waals surface area contributed by atoms with Gasteiger partial charge in [-0.15, -0.1) is 0 Å². The summed E-state index contributed by atoms with van der Waals surface area (Å²) in [5, 5.41) is 19.9. The average molecular weight is 651 g/mol. The molecule has 0 saturated heterocycles. The standard InChI is InChI=1S/C38H15F5N6/c1-18-4-5-21(14-28(18)39)19-6-9-23-25(12-19)32(30(16-44)46-2)36-34(23)48-37-33(31(17-45)47-3)26-13-20(7-10-24(26)35(37)49-36)22-8-11-27(29(40)15-22)38(41,42)43/h4-15H,1H3/b32-30+,33-31-. The zero-order valence-electron chi connectivity index (χ0n) is 25.0. The van der Waals surface area contributed by atoms with E-state index in [1.807, 2.05) is 12.1 Å². The first kappa shape index (κ1) is 30.7. The molecule has 1 aromatic heterocycles. The number of nitriles is 2. The first-order valence-corrected chi connectivity index (χ1v) is 14.4. The summed E-state index contributed by atoms with van der Waals surface area (Å²) in [5.74, 6) is -1.85. The van der Waals surface area contributed by atoms with Crippen LogP contribution in [0.1, 0.15) is 33.6 Å². The van der Waals surface area contributed by atoms with Crippen molar-refractivity contribution in [3.8, 4) is 56.9 Å². The topological polar surface area (TPSA) is 82.1 Å². The molecule has 0 fully saturated rings. The minimum absolute atomic E-state index is 0.128. The van der Waals surface area contributed by atoms with E-state index in [1.165, 1.54) is 12.1 Å². The van der Waals surface area contributed by atoms with Crippen molar-refractivity contribution >= 4 is 11.1 Å². The predicted octanol–water partition coefficient (Wildman–Crippen LogP) is 9.78. The fourth-order valence-corrected chi connectivity index (χ4v) is 6.14. The van der Waals surface area contributed by atoms with Crippen LogP contribution in [0.2, 0.25) is 0 Å². The number of halogens is 5.